The third kappa shape index (κ3) is 3.66. The Balaban J connectivity index is 1.68. The van der Waals surface area contributed by atoms with Gasteiger partial charge in [0, 0.05) is 17.2 Å². The number of nitrogens with one attached hydrogen (secondary N) is 1. The average molecular weight is 372 g/mol. The van der Waals surface area contributed by atoms with Gasteiger partial charge in [0.1, 0.15) is 10.6 Å². The topological polar surface area (TPSA) is 58.0 Å². The number of nitrogens with zero attached hydrogens (tertiary/aromatic N) is 2. The number of aromatic nitrogens is 2. The quantitative estimate of drug-likeness (QED) is 0.501. The monoisotopic (exact) mass is 371 g/mol. The van der Waals surface area contributed by atoms with Crippen LogP contribution in [0.25, 0.3) is 10.2 Å². The Morgan fingerprint density at radius 3 is 2.80 bits per heavy atom. The van der Waals surface area contributed by atoms with E-state index in [0.29, 0.717) is 6.54 Å². The Kier molecular flexibility index (Phi) is 5.20. The smallest absolute Gasteiger partial charge is 0.191 e. The van der Waals surface area contributed by atoms with Crippen molar-refractivity contribution < 1.29 is 5.11 Å². The molecule has 2 heterocycles. The van der Waals surface area contributed by atoms with Gasteiger partial charge in [-0.3, -0.25) is 0 Å². The number of thioether (sulfide) groups is 1. The van der Waals surface area contributed by atoms with Crippen LogP contribution in [0, 0.1) is 0 Å². The third-order valence-corrected chi connectivity index (χ3v) is 6.51. The number of anilines is 1. The van der Waals surface area contributed by atoms with Crippen molar-refractivity contribution in [3.05, 3.63) is 46.3 Å². The lowest BCUT2D eigenvalue weighted by molar-refractivity contribution is 0.311. The number of fused-ring (bicyclic) bond motifs is 3. The summed E-state index contributed by atoms with van der Waals surface area (Å²) in [6.07, 6.45) is 4.77. The Morgan fingerprint density at radius 1 is 1.12 bits per heavy atom. The highest BCUT2D eigenvalue weighted by Crippen LogP contribution is 2.39. The number of aliphatic hydroxyl groups is 1. The van der Waals surface area contributed by atoms with Gasteiger partial charge in [-0.25, -0.2) is 9.97 Å². The van der Waals surface area contributed by atoms with Crippen LogP contribution in [0.1, 0.15) is 28.8 Å². The Hall–Kier alpha value is -1.63. The summed E-state index contributed by atoms with van der Waals surface area (Å²) in [7, 11) is 0. The van der Waals surface area contributed by atoms with E-state index >= 15 is 0 Å². The van der Waals surface area contributed by atoms with E-state index in [9.17, 15) is 5.11 Å². The van der Waals surface area contributed by atoms with Crippen LogP contribution in [0.5, 0.6) is 0 Å². The van der Waals surface area contributed by atoms with Crippen LogP contribution >= 0.6 is 23.1 Å². The second-order valence-corrected chi connectivity index (χ2v) is 8.20. The van der Waals surface area contributed by atoms with Crippen molar-refractivity contribution in [1.29, 1.82) is 0 Å². The van der Waals surface area contributed by atoms with Crippen LogP contribution in [0.4, 0.5) is 5.82 Å². The van der Waals surface area contributed by atoms with Crippen molar-refractivity contribution in [1.82, 2.24) is 9.97 Å². The highest BCUT2D eigenvalue weighted by Gasteiger charge is 2.21. The molecule has 4 rings (SSSR count). The SMILES string of the molecule is OCCNc1nc(SCc2ccccc2)nc2sc3c(c12)CCCC3. The molecule has 2 N–H and O–H groups in total. The molecular weight excluding hydrogens is 350 g/mol. The second kappa shape index (κ2) is 7.72. The summed E-state index contributed by atoms with van der Waals surface area (Å²) in [5.74, 6) is 1.74. The highest BCUT2D eigenvalue weighted by molar-refractivity contribution is 7.98. The predicted octanol–water partition coefficient (Wildman–Crippen LogP) is 4.27. The molecule has 0 radical (unpaired) electrons. The molecule has 0 amide bonds. The number of aryl methyl sites for hydroxylation is 2. The highest BCUT2D eigenvalue weighted by atomic mass is 32.2. The van der Waals surface area contributed by atoms with Gasteiger partial charge < -0.3 is 10.4 Å². The van der Waals surface area contributed by atoms with Crippen molar-refractivity contribution in [2.24, 2.45) is 0 Å². The standard InChI is InChI=1S/C19H21N3OS2/c23-11-10-20-17-16-14-8-4-5-9-15(14)25-18(16)22-19(21-17)24-12-13-6-2-1-3-7-13/h1-3,6-7,23H,4-5,8-12H2,(H,20,21,22). The maximum atomic E-state index is 9.20. The van der Waals surface area contributed by atoms with Gasteiger partial charge in [-0.05, 0) is 36.8 Å². The molecule has 2 aromatic heterocycles. The summed E-state index contributed by atoms with van der Waals surface area (Å²) in [6, 6.07) is 10.4. The molecule has 1 aliphatic carbocycles. The first kappa shape index (κ1) is 16.8. The van der Waals surface area contributed by atoms with Gasteiger partial charge in [-0.2, -0.15) is 0 Å². The largest absolute Gasteiger partial charge is 0.395 e. The Morgan fingerprint density at radius 2 is 1.96 bits per heavy atom. The van der Waals surface area contributed by atoms with Gasteiger partial charge in [0.25, 0.3) is 0 Å². The van der Waals surface area contributed by atoms with Crippen LogP contribution in [0.3, 0.4) is 0 Å². The zero-order valence-electron chi connectivity index (χ0n) is 14.0. The molecule has 6 heteroatoms. The van der Waals surface area contributed by atoms with Crippen LogP contribution in [-0.2, 0) is 18.6 Å². The lowest BCUT2D eigenvalue weighted by Crippen LogP contribution is -2.09. The summed E-state index contributed by atoms with van der Waals surface area (Å²) in [5, 5.41) is 14.5. The molecule has 1 aliphatic rings. The normalized spacial score (nSPS) is 13.8. The predicted molar refractivity (Wildman–Crippen MR) is 106 cm³/mol. The zero-order valence-corrected chi connectivity index (χ0v) is 15.6. The van der Waals surface area contributed by atoms with Crippen molar-refractivity contribution in [3.63, 3.8) is 0 Å². The minimum absolute atomic E-state index is 0.102. The first-order valence-corrected chi connectivity index (χ1v) is 10.5. The van der Waals surface area contributed by atoms with E-state index in [2.05, 4.69) is 29.6 Å². The van der Waals surface area contributed by atoms with Crippen molar-refractivity contribution in [2.45, 2.75) is 36.6 Å². The van der Waals surface area contributed by atoms with Crippen molar-refractivity contribution in [3.8, 4) is 0 Å². The molecule has 130 valence electrons. The summed E-state index contributed by atoms with van der Waals surface area (Å²) < 4.78 is 0. The average Bonchev–Trinajstić information content (AvgIpc) is 3.04. The lowest BCUT2D eigenvalue weighted by atomic mass is 9.97. The fraction of sp³-hybridized carbons (Fsp3) is 0.368. The molecule has 0 unspecified atom stereocenters. The van der Waals surface area contributed by atoms with Crippen LogP contribution in [0.15, 0.2) is 35.5 Å². The summed E-state index contributed by atoms with van der Waals surface area (Å²) >= 11 is 3.48. The number of hydrogen-bond donors (Lipinski definition) is 2. The van der Waals surface area contributed by atoms with Gasteiger partial charge >= 0.3 is 0 Å². The van der Waals surface area contributed by atoms with Crippen molar-refractivity contribution in [2.75, 3.05) is 18.5 Å². The zero-order chi connectivity index (χ0) is 17.1. The van der Waals surface area contributed by atoms with E-state index in [-0.39, 0.29) is 6.61 Å². The molecule has 0 saturated heterocycles. The number of thiophene rings is 1. The molecule has 0 bridgehead atoms. The van der Waals surface area contributed by atoms with Crippen LogP contribution < -0.4 is 5.32 Å². The number of aliphatic hydroxyl groups excluding tert-OH is 1. The number of hydrogen-bond acceptors (Lipinski definition) is 6. The summed E-state index contributed by atoms with van der Waals surface area (Å²) in [5.41, 5.74) is 2.69. The van der Waals surface area contributed by atoms with Crippen molar-refractivity contribution >= 4 is 39.1 Å². The Labute approximate surface area is 155 Å². The first-order valence-electron chi connectivity index (χ1n) is 8.69. The van der Waals surface area contributed by atoms with E-state index in [1.54, 1.807) is 11.8 Å². The summed E-state index contributed by atoms with van der Waals surface area (Å²) in [4.78, 5) is 12.1. The van der Waals surface area contributed by atoms with E-state index in [4.69, 9.17) is 9.97 Å². The molecule has 1 aromatic carbocycles. The van der Waals surface area contributed by atoms with E-state index in [1.165, 1.54) is 34.2 Å². The van der Waals surface area contributed by atoms with Crippen LogP contribution in [0.2, 0.25) is 0 Å². The molecule has 0 aliphatic heterocycles. The van der Waals surface area contributed by atoms with E-state index < -0.39 is 0 Å². The molecular formula is C19H21N3OS2. The molecule has 25 heavy (non-hydrogen) atoms. The molecule has 0 fully saturated rings. The summed E-state index contributed by atoms with van der Waals surface area (Å²) in [6.45, 7) is 0.615. The van der Waals surface area contributed by atoms with Gasteiger partial charge in [0.05, 0.1) is 12.0 Å². The molecule has 0 saturated carbocycles. The maximum Gasteiger partial charge on any atom is 0.191 e. The molecule has 3 aromatic rings. The van der Waals surface area contributed by atoms with Crippen LogP contribution in [-0.4, -0.2) is 28.2 Å². The number of rotatable bonds is 6. The van der Waals surface area contributed by atoms with Gasteiger partial charge in [0.2, 0.25) is 0 Å². The lowest BCUT2D eigenvalue weighted by Gasteiger charge is -2.13. The van der Waals surface area contributed by atoms with Gasteiger partial charge in [-0.15, -0.1) is 11.3 Å². The molecule has 0 atom stereocenters. The van der Waals surface area contributed by atoms with Gasteiger partial charge in [-0.1, -0.05) is 42.1 Å². The number of benzene rings is 1. The molecule has 0 spiro atoms. The minimum atomic E-state index is 0.102. The minimum Gasteiger partial charge on any atom is -0.395 e. The maximum absolute atomic E-state index is 9.20. The van der Waals surface area contributed by atoms with E-state index in [0.717, 1.165) is 34.4 Å². The van der Waals surface area contributed by atoms with E-state index in [1.807, 2.05) is 17.4 Å². The fourth-order valence-corrected chi connectivity index (χ4v) is 5.35. The molecule has 4 nitrogen and oxygen atoms in total. The first-order chi connectivity index (χ1) is 12.3. The fourth-order valence-electron chi connectivity index (χ4n) is 3.23. The van der Waals surface area contributed by atoms with Gasteiger partial charge in [0.15, 0.2) is 5.16 Å². The Bertz CT molecular complexity index is 864. The third-order valence-electron chi connectivity index (χ3n) is 4.41. The second-order valence-electron chi connectivity index (χ2n) is 6.17.